The lowest BCUT2D eigenvalue weighted by Crippen LogP contribution is -2.14. The van der Waals surface area contributed by atoms with Gasteiger partial charge in [-0.2, -0.15) is 0 Å². The zero-order chi connectivity index (χ0) is 17.1. The minimum absolute atomic E-state index is 0.0305. The Hall–Kier alpha value is -1.85. The van der Waals surface area contributed by atoms with Gasteiger partial charge in [-0.05, 0) is 41.5 Å². The number of nitrogens with zero attached hydrogens (tertiary/aromatic N) is 1. The molecule has 0 radical (unpaired) electrons. The summed E-state index contributed by atoms with van der Waals surface area (Å²) in [6, 6.07) is 14.3. The third-order valence-corrected chi connectivity index (χ3v) is 5.52. The molecule has 0 saturated carbocycles. The molecule has 0 unspecified atom stereocenters. The lowest BCUT2D eigenvalue weighted by atomic mass is 10.0. The average molecular weight is 357 g/mol. The van der Waals surface area contributed by atoms with Crippen LogP contribution in [0.5, 0.6) is 0 Å². The van der Waals surface area contributed by atoms with Crippen molar-refractivity contribution in [1.82, 2.24) is 4.98 Å². The molecule has 0 aliphatic carbocycles. The van der Waals surface area contributed by atoms with Gasteiger partial charge in [-0.3, -0.25) is 4.79 Å². The summed E-state index contributed by atoms with van der Waals surface area (Å²) in [4.78, 5) is 18.1. The molecule has 0 spiro atoms. The first-order valence-electron chi connectivity index (χ1n) is 7.89. The summed E-state index contributed by atoms with van der Waals surface area (Å²) in [5.41, 5.74) is 3.23. The molecule has 124 valence electrons. The van der Waals surface area contributed by atoms with Crippen molar-refractivity contribution in [2.45, 2.75) is 31.1 Å². The Kier molecular flexibility index (Phi) is 5.21. The molecule has 2 aromatic carbocycles. The minimum Gasteiger partial charge on any atom is -0.302 e. The Morgan fingerprint density at radius 3 is 2.62 bits per heavy atom. The Morgan fingerprint density at radius 1 is 1.21 bits per heavy atom. The van der Waals surface area contributed by atoms with Gasteiger partial charge in [-0.25, -0.2) is 4.98 Å². The van der Waals surface area contributed by atoms with Gasteiger partial charge in [0.05, 0.1) is 16.6 Å². The van der Waals surface area contributed by atoms with Crippen molar-refractivity contribution in [3.05, 3.63) is 53.6 Å². The minimum atomic E-state index is -0.0305. The van der Waals surface area contributed by atoms with Crippen LogP contribution in [0.15, 0.2) is 47.4 Å². The fourth-order valence-electron chi connectivity index (χ4n) is 2.58. The van der Waals surface area contributed by atoms with E-state index in [0.717, 1.165) is 15.8 Å². The van der Waals surface area contributed by atoms with E-state index >= 15 is 0 Å². The molecule has 3 rings (SSSR count). The topological polar surface area (TPSA) is 42.0 Å². The standard InChI is InChI=1S/C19H20N2OS2/c1-12(2)15-5-4-6-16-18(15)21-19(24-16)20-17(22)11-13-7-9-14(23-3)10-8-13/h4-10,12H,11H2,1-3H3,(H,20,21,22). The molecule has 0 aliphatic heterocycles. The Balaban J connectivity index is 1.74. The van der Waals surface area contributed by atoms with Crippen molar-refractivity contribution in [3.8, 4) is 0 Å². The van der Waals surface area contributed by atoms with Crippen LogP contribution in [0.1, 0.15) is 30.9 Å². The number of carbonyl (C=O) groups is 1. The van der Waals surface area contributed by atoms with E-state index in [-0.39, 0.29) is 5.91 Å². The van der Waals surface area contributed by atoms with Crippen LogP contribution >= 0.6 is 23.1 Å². The van der Waals surface area contributed by atoms with Crippen LogP contribution in [0.4, 0.5) is 5.13 Å². The number of anilines is 1. The number of para-hydroxylation sites is 1. The van der Waals surface area contributed by atoms with Crippen molar-refractivity contribution in [2.24, 2.45) is 0 Å². The monoisotopic (exact) mass is 356 g/mol. The molecule has 0 aliphatic rings. The van der Waals surface area contributed by atoms with Crippen molar-refractivity contribution < 1.29 is 4.79 Å². The molecule has 0 fully saturated rings. The molecule has 0 saturated heterocycles. The second-order valence-electron chi connectivity index (χ2n) is 5.94. The zero-order valence-electron chi connectivity index (χ0n) is 14.0. The van der Waals surface area contributed by atoms with Gasteiger partial charge in [-0.15, -0.1) is 11.8 Å². The van der Waals surface area contributed by atoms with Gasteiger partial charge < -0.3 is 5.32 Å². The normalized spacial score (nSPS) is 11.2. The first-order valence-corrected chi connectivity index (χ1v) is 9.93. The molecule has 3 nitrogen and oxygen atoms in total. The highest BCUT2D eigenvalue weighted by Gasteiger charge is 2.12. The van der Waals surface area contributed by atoms with E-state index in [1.807, 2.05) is 30.5 Å². The maximum atomic E-state index is 12.3. The Bertz CT molecular complexity index is 853. The second-order valence-corrected chi connectivity index (χ2v) is 7.85. The summed E-state index contributed by atoms with van der Waals surface area (Å²) < 4.78 is 1.11. The van der Waals surface area contributed by atoms with Gasteiger partial charge in [0.1, 0.15) is 0 Å². The van der Waals surface area contributed by atoms with Gasteiger partial charge >= 0.3 is 0 Å². The van der Waals surface area contributed by atoms with Crippen LogP contribution in [0.3, 0.4) is 0 Å². The molecule has 1 aromatic heterocycles. The first kappa shape index (κ1) is 17.0. The SMILES string of the molecule is CSc1ccc(CC(=O)Nc2nc3c(C(C)C)cccc3s2)cc1. The van der Waals surface area contributed by atoms with Gasteiger partial charge in [0, 0.05) is 4.90 Å². The lowest BCUT2D eigenvalue weighted by molar-refractivity contribution is -0.115. The van der Waals surface area contributed by atoms with Crippen molar-refractivity contribution >= 4 is 44.4 Å². The van der Waals surface area contributed by atoms with E-state index in [0.29, 0.717) is 17.5 Å². The van der Waals surface area contributed by atoms with Crippen LogP contribution < -0.4 is 5.32 Å². The number of aromatic nitrogens is 1. The first-order chi connectivity index (χ1) is 11.6. The predicted molar refractivity (Wildman–Crippen MR) is 104 cm³/mol. The molecule has 1 amide bonds. The number of rotatable bonds is 5. The van der Waals surface area contributed by atoms with Crippen LogP contribution in [-0.4, -0.2) is 17.1 Å². The van der Waals surface area contributed by atoms with E-state index < -0.39 is 0 Å². The number of carbonyl (C=O) groups excluding carboxylic acids is 1. The summed E-state index contributed by atoms with van der Waals surface area (Å²) in [6.45, 7) is 4.31. The number of fused-ring (bicyclic) bond motifs is 1. The predicted octanol–water partition coefficient (Wildman–Crippen LogP) is 5.32. The van der Waals surface area contributed by atoms with Crippen LogP contribution in [0.2, 0.25) is 0 Å². The molecule has 0 bridgehead atoms. The van der Waals surface area contributed by atoms with Crippen molar-refractivity contribution in [1.29, 1.82) is 0 Å². The maximum Gasteiger partial charge on any atom is 0.230 e. The fourth-order valence-corrected chi connectivity index (χ4v) is 3.91. The molecular formula is C19H20N2OS2. The summed E-state index contributed by atoms with van der Waals surface area (Å²) in [7, 11) is 0. The molecule has 5 heteroatoms. The molecule has 3 aromatic rings. The fraction of sp³-hybridized carbons (Fsp3) is 0.263. The molecule has 0 atom stereocenters. The number of thiazole rings is 1. The number of nitrogens with one attached hydrogen (secondary N) is 1. The maximum absolute atomic E-state index is 12.3. The summed E-state index contributed by atoms with van der Waals surface area (Å²) in [6.07, 6.45) is 2.40. The van der Waals surface area contributed by atoms with Crippen LogP contribution in [0, 0.1) is 0 Å². The van der Waals surface area contributed by atoms with E-state index in [9.17, 15) is 4.79 Å². The van der Waals surface area contributed by atoms with E-state index in [1.54, 1.807) is 11.8 Å². The van der Waals surface area contributed by atoms with Crippen LogP contribution in [0.25, 0.3) is 10.2 Å². The van der Waals surface area contributed by atoms with Gasteiger partial charge in [0.15, 0.2) is 5.13 Å². The van der Waals surface area contributed by atoms with Crippen LogP contribution in [-0.2, 0) is 11.2 Å². The number of hydrogen-bond acceptors (Lipinski definition) is 4. The number of hydrogen-bond donors (Lipinski definition) is 1. The van der Waals surface area contributed by atoms with E-state index in [2.05, 4.69) is 42.3 Å². The van der Waals surface area contributed by atoms with E-state index in [1.165, 1.54) is 21.8 Å². The molecular weight excluding hydrogens is 336 g/mol. The smallest absolute Gasteiger partial charge is 0.230 e. The molecule has 24 heavy (non-hydrogen) atoms. The molecule has 1 N–H and O–H groups in total. The number of thioether (sulfide) groups is 1. The number of amides is 1. The third kappa shape index (κ3) is 3.79. The van der Waals surface area contributed by atoms with Crippen molar-refractivity contribution in [2.75, 3.05) is 11.6 Å². The van der Waals surface area contributed by atoms with Gasteiger partial charge in [-0.1, -0.05) is 49.4 Å². The van der Waals surface area contributed by atoms with Crippen molar-refractivity contribution in [3.63, 3.8) is 0 Å². The largest absolute Gasteiger partial charge is 0.302 e. The van der Waals surface area contributed by atoms with Gasteiger partial charge in [0.2, 0.25) is 5.91 Å². The lowest BCUT2D eigenvalue weighted by Gasteiger charge is -2.05. The summed E-state index contributed by atoms with van der Waals surface area (Å²) in [5.74, 6) is 0.381. The summed E-state index contributed by atoms with van der Waals surface area (Å²) >= 11 is 3.22. The highest BCUT2D eigenvalue weighted by Crippen LogP contribution is 2.31. The average Bonchev–Trinajstić information content (AvgIpc) is 2.97. The van der Waals surface area contributed by atoms with E-state index in [4.69, 9.17) is 0 Å². The highest BCUT2D eigenvalue weighted by atomic mass is 32.2. The highest BCUT2D eigenvalue weighted by molar-refractivity contribution is 7.98. The zero-order valence-corrected chi connectivity index (χ0v) is 15.6. The quantitative estimate of drug-likeness (QED) is 0.629. The third-order valence-electron chi connectivity index (χ3n) is 3.84. The Labute approximate surface area is 150 Å². The molecule has 1 heterocycles. The number of benzene rings is 2. The second kappa shape index (κ2) is 7.36. The summed E-state index contributed by atoms with van der Waals surface area (Å²) in [5, 5.41) is 3.61. The Morgan fingerprint density at radius 2 is 1.96 bits per heavy atom. The van der Waals surface area contributed by atoms with Gasteiger partial charge in [0.25, 0.3) is 0 Å².